The van der Waals surface area contributed by atoms with Crippen LogP contribution in [0.5, 0.6) is 5.75 Å². The first-order valence-corrected chi connectivity index (χ1v) is 7.31. The van der Waals surface area contributed by atoms with Gasteiger partial charge in [0.2, 0.25) is 0 Å². The van der Waals surface area contributed by atoms with Crippen molar-refractivity contribution in [3.05, 3.63) is 29.8 Å². The van der Waals surface area contributed by atoms with Crippen LogP contribution < -0.4 is 10.5 Å². The molecule has 1 unspecified atom stereocenters. The Kier molecular flexibility index (Phi) is 5.23. The van der Waals surface area contributed by atoms with Crippen LogP contribution in [0, 0.1) is 5.92 Å². The Morgan fingerprint density at radius 3 is 2.79 bits per heavy atom. The van der Waals surface area contributed by atoms with Gasteiger partial charge in [0.1, 0.15) is 12.4 Å². The van der Waals surface area contributed by atoms with Crippen molar-refractivity contribution in [3.63, 3.8) is 0 Å². The first-order valence-electron chi connectivity index (χ1n) is 7.31. The second kappa shape index (κ2) is 6.92. The van der Waals surface area contributed by atoms with Crippen LogP contribution in [0.3, 0.4) is 0 Å². The summed E-state index contributed by atoms with van der Waals surface area (Å²) in [6, 6.07) is 7.80. The minimum atomic E-state index is -0.359. The van der Waals surface area contributed by atoms with Gasteiger partial charge in [-0.25, -0.2) is 0 Å². The average Bonchev–Trinajstić information content (AvgIpc) is 2.89. The molecule has 106 valence electrons. The molecule has 0 spiro atoms. The predicted octanol–water partition coefficient (Wildman–Crippen LogP) is 3.03. The molecule has 1 aromatic rings. The fraction of sp³-hybridized carbons (Fsp3) is 0.625. The minimum Gasteiger partial charge on any atom is -0.491 e. The Labute approximate surface area is 115 Å². The molecule has 2 rings (SSSR count). The van der Waals surface area contributed by atoms with E-state index in [1.54, 1.807) is 0 Å². The maximum atomic E-state index is 10.00. The van der Waals surface area contributed by atoms with E-state index in [1.165, 1.54) is 25.7 Å². The van der Waals surface area contributed by atoms with E-state index in [9.17, 15) is 5.11 Å². The van der Waals surface area contributed by atoms with Gasteiger partial charge < -0.3 is 15.6 Å². The third-order valence-electron chi connectivity index (χ3n) is 3.91. The van der Waals surface area contributed by atoms with E-state index in [1.807, 2.05) is 31.2 Å². The standard InChI is InChI=1S/C16H25NO2/c1-12(17)14-7-4-8-16(10-14)19-11-15(18)9-13-5-2-3-6-13/h4,7-8,10,12-13,15,18H,2-3,5-6,9,11,17H2,1H3/t12-,15?/m1/s1. The van der Waals surface area contributed by atoms with Crippen molar-refractivity contribution in [2.45, 2.75) is 51.2 Å². The molecule has 3 nitrogen and oxygen atoms in total. The summed E-state index contributed by atoms with van der Waals surface area (Å²) in [5.41, 5.74) is 6.90. The molecule has 0 heterocycles. The summed E-state index contributed by atoms with van der Waals surface area (Å²) in [7, 11) is 0. The van der Waals surface area contributed by atoms with Crippen molar-refractivity contribution in [1.29, 1.82) is 0 Å². The van der Waals surface area contributed by atoms with E-state index in [-0.39, 0.29) is 12.1 Å². The maximum absolute atomic E-state index is 10.00. The minimum absolute atomic E-state index is 0.00645. The van der Waals surface area contributed by atoms with Gasteiger partial charge >= 0.3 is 0 Å². The highest BCUT2D eigenvalue weighted by atomic mass is 16.5. The number of ether oxygens (including phenoxy) is 1. The van der Waals surface area contributed by atoms with Gasteiger partial charge in [-0.1, -0.05) is 37.8 Å². The largest absolute Gasteiger partial charge is 0.491 e. The summed E-state index contributed by atoms with van der Waals surface area (Å²) < 4.78 is 5.66. The summed E-state index contributed by atoms with van der Waals surface area (Å²) in [6.45, 7) is 2.33. The Hall–Kier alpha value is -1.06. The van der Waals surface area contributed by atoms with E-state index in [2.05, 4.69) is 0 Å². The fourth-order valence-corrected chi connectivity index (χ4v) is 2.78. The molecule has 1 aliphatic rings. The van der Waals surface area contributed by atoms with E-state index < -0.39 is 0 Å². The van der Waals surface area contributed by atoms with Gasteiger partial charge in [0.15, 0.2) is 0 Å². The molecule has 0 aromatic heterocycles. The lowest BCUT2D eigenvalue weighted by Crippen LogP contribution is -2.20. The molecule has 1 saturated carbocycles. The summed E-state index contributed by atoms with van der Waals surface area (Å²) in [6.07, 6.45) is 5.66. The molecule has 3 heteroatoms. The lowest BCUT2D eigenvalue weighted by atomic mass is 10.0. The molecule has 2 atom stereocenters. The topological polar surface area (TPSA) is 55.5 Å². The Bertz CT molecular complexity index is 386. The zero-order chi connectivity index (χ0) is 13.7. The van der Waals surface area contributed by atoms with Crippen LogP contribution in [0.1, 0.15) is 50.6 Å². The summed E-state index contributed by atoms with van der Waals surface area (Å²) in [5.74, 6) is 1.48. The van der Waals surface area contributed by atoms with E-state index in [0.29, 0.717) is 12.5 Å². The zero-order valence-electron chi connectivity index (χ0n) is 11.7. The monoisotopic (exact) mass is 263 g/mol. The fourth-order valence-electron chi connectivity index (χ4n) is 2.78. The van der Waals surface area contributed by atoms with Gasteiger partial charge in [0.25, 0.3) is 0 Å². The van der Waals surface area contributed by atoms with Crippen molar-refractivity contribution >= 4 is 0 Å². The molecular weight excluding hydrogens is 238 g/mol. The lowest BCUT2D eigenvalue weighted by molar-refractivity contribution is 0.0855. The van der Waals surface area contributed by atoms with Crippen molar-refractivity contribution in [3.8, 4) is 5.75 Å². The Morgan fingerprint density at radius 2 is 2.11 bits per heavy atom. The lowest BCUT2D eigenvalue weighted by Gasteiger charge is -2.16. The number of hydrogen-bond donors (Lipinski definition) is 2. The van der Waals surface area contributed by atoms with Gasteiger partial charge in [0.05, 0.1) is 6.10 Å². The van der Waals surface area contributed by atoms with E-state index in [4.69, 9.17) is 10.5 Å². The molecule has 0 radical (unpaired) electrons. The third-order valence-corrected chi connectivity index (χ3v) is 3.91. The summed E-state index contributed by atoms with van der Waals surface area (Å²) >= 11 is 0. The zero-order valence-corrected chi connectivity index (χ0v) is 11.7. The number of nitrogens with two attached hydrogens (primary N) is 1. The SMILES string of the molecule is C[C@@H](N)c1cccc(OCC(O)CC2CCCC2)c1. The first-order chi connectivity index (χ1) is 9.15. The van der Waals surface area contributed by atoms with Crippen LogP contribution in [0.25, 0.3) is 0 Å². The highest BCUT2D eigenvalue weighted by Gasteiger charge is 2.19. The molecule has 0 saturated heterocycles. The molecule has 1 aromatic carbocycles. The summed E-state index contributed by atoms with van der Waals surface area (Å²) in [5, 5.41) is 10.00. The van der Waals surface area contributed by atoms with Gasteiger partial charge in [-0.2, -0.15) is 0 Å². The Balaban J connectivity index is 1.79. The third kappa shape index (κ3) is 4.51. The van der Waals surface area contributed by atoms with Crippen molar-refractivity contribution in [2.75, 3.05) is 6.61 Å². The predicted molar refractivity (Wildman–Crippen MR) is 77.1 cm³/mol. The Morgan fingerprint density at radius 1 is 1.37 bits per heavy atom. The van der Waals surface area contributed by atoms with Crippen LogP contribution in [0.2, 0.25) is 0 Å². The number of aliphatic hydroxyl groups is 1. The smallest absolute Gasteiger partial charge is 0.119 e. The quantitative estimate of drug-likeness (QED) is 0.829. The van der Waals surface area contributed by atoms with E-state index >= 15 is 0 Å². The molecule has 1 aliphatic carbocycles. The van der Waals surface area contributed by atoms with Crippen molar-refractivity contribution in [2.24, 2.45) is 11.7 Å². The normalized spacial score (nSPS) is 19.3. The van der Waals surface area contributed by atoms with E-state index in [0.717, 1.165) is 17.7 Å². The van der Waals surface area contributed by atoms with Gasteiger partial charge in [-0.3, -0.25) is 0 Å². The van der Waals surface area contributed by atoms with Crippen LogP contribution in [-0.4, -0.2) is 17.8 Å². The molecule has 0 amide bonds. The molecule has 1 fully saturated rings. The van der Waals surface area contributed by atoms with Crippen molar-refractivity contribution in [1.82, 2.24) is 0 Å². The molecule has 3 N–H and O–H groups in total. The van der Waals surface area contributed by atoms with Crippen molar-refractivity contribution < 1.29 is 9.84 Å². The molecular formula is C16H25NO2. The number of rotatable bonds is 6. The summed E-state index contributed by atoms with van der Waals surface area (Å²) in [4.78, 5) is 0. The second-order valence-electron chi connectivity index (χ2n) is 5.71. The van der Waals surface area contributed by atoms with Crippen LogP contribution in [0.4, 0.5) is 0 Å². The van der Waals surface area contributed by atoms with Crippen LogP contribution in [-0.2, 0) is 0 Å². The number of hydrogen-bond acceptors (Lipinski definition) is 3. The molecule has 0 aliphatic heterocycles. The highest BCUT2D eigenvalue weighted by Crippen LogP contribution is 2.28. The average molecular weight is 263 g/mol. The van der Waals surface area contributed by atoms with Crippen LogP contribution >= 0.6 is 0 Å². The molecule has 19 heavy (non-hydrogen) atoms. The first kappa shape index (κ1) is 14.4. The van der Waals surface area contributed by atoms with Gasteiger partial charge in [0, 0.05) is 6.04 Å². The van der Waals surface area contributed by atoms with Crippen LogP contribution in [0.15, 0.2) is 24.3 Å². The number of benzene rings is 1. The van der Waals surface area contributed by atoms with Gasteiger partial charge in [-0.15, -0.1) is 0 Å². The highest BCUT2D eigenvalue weighted by molar-refractivity contribution is 5.30. The maximum Gasteiger partial charge on any atom is 0.119 e. The second-order valence-corrected chi connectivity index (χ2v) is 5.71. The van der Waals surface area contributed by atoms with Gasteiger partial charge in [-0.05, 0) is 37.0 Å². The molecule has 0 bridgehead atoms. The number of aliphatic hydroxyl groups excluding tert-OH is 1.